The number of amides is 1. The van der Waals surface area contributed by atoms with Crippen LogP contribution in [-0.4, -0.2) is 42.3 Å². The Morgan fingerprint density at radius 3 is 2.36 bits per heavy atom. The highest BCUT2D eigenvalue weighted by atomic mass is 16.5. The third-order valence-electron chi connectivity index (χ3n) is 5.13. The number of anilines is 3. The molecule has 1 amide bonds. The molecule has 3 rings (SSSR count). The van der Waals surface area contributed by atoms with Crippen molar-refractivity contribution in [3.05, 3.63) is 87.1 Å². The maximum absolute atomic E-state index is 13.0. The van der Waals surface area contributed by atoms with Gasteiger partial charge in [0.05, 0.1) is 19.7 Å². The lowest BCUT2D eigenvalue weighted by Crippen LogP contribution is -2.38. The molecule has 9 nitrogen and oxygen atoms in total. The largest absolute Gasteiger partial charge is 0.383 e. The van der Waals surface area contributed by atoms with Crippen molar-refractivity contribution in [1.82, 2.24) is 9.55 Å². The van der Waals surface area contributed by atoms with Gasteiger partial charge in [-0.05, 0) is 24.6 Å². The summed E-state index contributed by atoms with van der Waals surface area (Å²) in [6, 6.07) is 19.1. The van der Waals surface area contributed by atoms with Crippen LogP contribution in [0.4, 0.5) is 17.2 Å². The summed E-state index contributed by atoms with van der Waals surface area (Å²) in [4.78, 5) is 42.4. The van der Waals surface area contributed by atoms with E-state index in [9.17, 15) is 14.4 Å². The molecule has 0 aliphatic heterocycles. The maximum atomic E-state index is 13.0. The monoisotopic (exact) mass is 451 g/mol. The molecule has 174 valence electrons. The Bertz CT molecular complexity index is 1160. The second-order valence-corrected chi connectivity index (χ2v) is 7.36. The fourth-order valence-electron chi connectivity index (χ4n) is 3.42. The number of nitrogens with one attached hydrogen (secondary N) is 3. The van der Waals surface area contributed by atoms with Gasteiger partial charge in [-0.3, -0.25) is 19.1 Å². The van der Waals surface area contributed by atoms with Crippen molar-refractivity contribution in [1.29, 1.82) is 0 Å². The lowest BCUT2D eigenvalue weighted by molar-refractivity contribution is -0.115. The third kappa shape index (κ3) is 6.33. The number of aromatic nitrogens is 2. The Labute approximate surface area is 192 Å². The van der Waals surface area contributed by atoms with E-state index in [1.165, 1.54) is 11.7 Å². The number of benzene rings is 2. The number of hydrogen-bond acceptors (Lipinski definition) is 6. The molecule has 0 radical (unpaired) electrons. The first kappa shape index (κ1) is 23.8. The molecule has 3 aromatic rings. The molecule has 0 aliphatic carbocycles. The van der Waals surface area contributed by atoms with E-state index in [4.69, 9.17) is 4.74 Å². The van der Waals surface area contributed by atoms with E-state index in [2.05, 4.69) is 15.6 Å². The Kier molecular flexibility index (Phi) is 8.43. The highest BCUT2D eigenvalue weighted by Gasteiger charge is 2.19. The molecule has 0 atom stereocenters. The molecule has 0 saturated carbocycles. The van der Waals surface area contributed by atoms with Gasteiger partial charge in [0.15, 0.2) is 0 Å². The Hall–Kier alpha value is -3.85. The second kappa shape index (κ2) is 11.7. The predicted molar refractivity (Wildman–Crippen MR) is 130 cm³/mol. The number of H-pyrrole nitrogens is 1. The normalized spacial score (nSPS) is 10.6. The van der Waals surface area contributed by atoms with Crippen LogP contribution in [-0.2, 0) is 22.6 Å². The molecule has 9 heteroatoms. The summed E-state index contributed by atoms with van der Waals surface area (Å²) in [5.41, 5.74) is 0.749. The van der Waals surface area contributed by atoms with Gasteiger partial charge in [0, 0.05) is 25.9 Å². The van der Waals surface area contributed by atoms with Crippen molar-refractivity contribution >= 4 is 23.1 Å². The van der Waals surface area contributed by atoms with E-state index in [1.807, 2.05) is 72.5 Å². The number of rotatable bonds is 11. The van der Waals surface area contributed by atoms with Crippen molar-refractivity contribution < 1.29 is 9.53 Å². The van der Waals surface area contributed by atoms with Crippen LogP contribution in [0.25, 0.3) is 0 Å². The summed E-state index contributed by atoms with van der Waals surface area (Å²) in [5, 5.41) is 5.86. The van der Waals surface area contributed by atoms with Gasteiger partial charge < -0.3 is 20.3 Å². The molecule has 0 bridgehead atoms. The van der Waals surface area contributed by atoms with Crippen molar-refractivity contribution in [3.63, 3.8) is 0 Å². The van der Waals surface area contributed by atoms with Gasteiger partial charge in [-0.1, -0.05) is 48.5 Å². The van der Waals surface area contributed by atoms with Crippen LogP contribution in [0.5, 0.6) is 0 Å². The highest BCUT2D eigenvalue weighted by Crippen LogP contribution is 2.18. The van der Waals surface area contributed by atoms with E-state index >= 15 is 0 Å². The first-order valence-corrected chi connectivity index (χ1v) is 10.8. The molecule has 0 unspecified atom stereocenters. The number of para-hydroxylation sites is 1. The molecule has 0 fully saturated rings. The summed E-state index contributed by atoms with van der Waals surface area (Å²) in [6.07, 6.45) is 0. The Balaban J connectivity index is 1.90. The molecule has 1 aromatic heterocycles. The zero-order valence-electron chi connectivity index (χ0n) is 18.8. The molecular weight excluding hydrogens is 422 g/mol. The molecular formula is C24H29N5O4. The fraction of sp³-hybridized carbons (Fsp3) is 0.292. The number of ether oxygens (including phenoxy) is 1. The van der Waals surface area contributed by atoms with E-state index in [-0.39, 0.29) is 37.1 Å². The molecule has 2 aromatic carbocycles. The molecule has 33 heavy (non-hydrogen) atoms. The van der Waals surface area contributed by atoms with Crippen LogP contribution in [0.3, 0.4) is 0 Å². The number of hydrogen-bond donors (Lipinski definition) is 3. The number of aromatic amines is 1. The topological polar surface area (TPSA) is 108 Å². The van der Waals surface area contributed by atoms with E-state index in [0.29, 0.717) is 13.1 Å². The lowest BCUT2D eigenvalue weighted by atomic mass is 10.2. The molecule has 3 N–H and O–H groups in total. The van der Waals surface area contributed by atoms with Gasteiger partial charge in [-0.15, -0.1) is 0 Å². The number of carbonyl (C=O) groups excluding carboxylic acids is 1. The van der Waals surface area contributed by atoms with Gasteiger partial charge in [-0.2, -0.15) is 0 Å². The summed E-state index contributed by atoms with van der Waals surface area (Å²) in [7, 11) is 1.52. The van der Waals surface area contributed by atoms with Crippen LogP contribution >= 0.6 is 0 Å². The van der Waals surface area contributed by atoms with Crippen LogP contribution in [0.2, 0.25) is 0 Å². The lowest BCUT2D eigenvalue weighted by Gasteiger charge is -2.23. The van der Waals surface area contributed by atoms with E-state index in [0.717, 1.165) is 11.3 Å². The van der Waals surface area contributed by atoms with Gasteiger partial charge in [-0.25, -0.2) is 4.79 Å². The average molecular weight is 452 g/mol. The van der Waals surface area contributed by atoms with Gasteiger partial charge in [0.1, 0.15) is 11.5 Å². The van der Waals surface area contributed by atoms with E-state index in [1.54, 1.807) is 0 Å². The highest BCUT2D eigenvalue weighted by molar-refractivity contribution is 5.95. The summed E-state index contributed by atoms with van der Waals surface area (Å²) in [5.74, 6) is -0.231. The predicted octanol–water partition coefficient (Wildman–Crippen LogP) is 2.26. The SMILES string of the molecule is CCN(CC(=O)Nc1c(NCc2ccccc2)c(=O)[nH]c(=O)n1CCOC)c1ccccc1. The Morgan fingerprint density at radius 2 is 1.73 bits per heavy atom. The fourth-order valence-corrected chi connectivity index (χ4v) is 3.42. The first-order chi connectivity index (χ1) is 16.0. The zero-order chi connectivity index (χ0) is 23.6. The van der Waals surface area contributed by atoms with Gasteiger partial charge >= 0.3 is 5.69 Å². The van der Waals surface area contributed by atoms with Crippen molar-refractivity contribution in [2.75, 3.05) is 42.3 Å². The van der Waals surface area contributed by atoms with Crippen LogP contribution in [0.15, 0.2) is 70.3 Å². The van der Waals surface area contributed by atoms with Crippen LogP contribution < -0.4 is 26.8 Å². The van der Waals surface area contributed by atoms with Crippen molar-refractivity contribution in [2.45, 2.75) is 20.0 Å². The summed E-state index contributed by atoms with van der Waals surface area (Å²) in [6.45, 7) is 3.37. The minimum absolute atomic E-state index is 0.0594. The average Bonchev–Trinajstić information content (AvgIpc) is 2.83. The number of carbonyl (C=O) groups is 1. The minimum Gasteiger partial charge on any atom is -0.383 e. The first-order valence-electron chi connectivity index (χ1n) is 10.8. The van der Waals surface area contributed by atoms with Crippen molar-refractivity contribution in [2.24, 2.45) is 0 Å². The molecule has 0 saturated heterocycles. The summed E-state index contributed by atoms with van der Waals surface area (Å²) < 4.78 is 6.41. The standard InChI is InChI=1S/C24H29N5O4/c1-3-28(19-12-8-5-9-13-19)17-20(30)26-22-21(25-16-18-10-6-4-7-11-18)23(31)27-24(32)29(22)14-15-33-2/h4-13,25H,3,14-17H2,1-2H3,(H,26,30)(H,27,31,32). The maximum Gasteiger partial charge on any atom is 0.330 e. The van der Waals surface area contributed by atoms with Crippen LogP contribution in [0, 0.1) is 0 Å². The molecule has 1 heterocycles. The second-order valence-electron chi connectivity index (χ2n) is 7.36. The van der Waals surface area contributed by atoms with Crippen molar-refractivity contribution in [3.8, 4) is 0 Å². The number of methoxy groups -OCH3 is 1. The molecule has 0 spiro atoms. The smallest absolute Gasteiger partial charge is 0.330 e. The molecule has 0 aliphatic rings. The van der Waals surface area contributed by atoms with Crippen LogP contribution in [0.1, 0.15) is 12.5 Å². The minimum atomic E-state index is -0.618. The summed E-state index contributed by atoms with van der Waals surface area (Å²) >= 11 is 0. The van der Waals surface area contributed by atoms with E-state index < -0.39 is 11.2 Å². The zero-order valence-corrected chi connectivity index (χ0v) is 18.8. The number of nitrogens with zero attached hydrogens (tertiary/aromatic N) is 2. The third-order valence-corrected chi connectivity index (χ3v) is 5.13. The van der Waals surface area contributed by atoms with Gasteiger partial charge in [0.25, 0.3) is 5.56 Å². The quantitative estimate of drug-likeness (QED) is 0.413. The Morgan fingerprint density at radius 1 is 1.06 bits per heavy atom. The number of likely N-dealkylation sites (N-methyl/N-ethyl adjacent to an activating group) is 1. The van der Waals surface area contributed by atoms with Gasteiger partial charge in [0.2, 0.25) is 5.91 Å².